The number of carbonyl (C=O) groups is 2. The van der Waals surface area contributed by atoms with Gasteiger partial charge in [-0.05, 0) is 26.7 Å². The van der Waals surface area contributed by atoms with E-state index in [1.165, 1.54) is 12.8 Å². The lowest BCUT2D eigenvalue weighted by Gasteiger charge is -2.23. The molecule has 1 fully saturated rings. The summed E-state index contributed by atoms with van der Waals surface area (Å²) in [6, 6.07) is 0.115. The van der Waals surface area contributed by atoms with E-state index in [2.05, 4.69) is 11.5 Å². The van der Waals surface area contributed by atoms with Crippen molar-refractivity contribution < 1.29 is 14.7 Å². The number of hydrogen-bond donors (Lipinski definition) is 2. The summed E-state index contributed by atoms with van der Waals surface area (Å²) in [6.07, 6.45) is 6.70. The molecule has 128 valence electrons. The Labute approximate surface area is 134 Å². The summed E-state index contributed by atoms with van der Waals surface area (Å²) in [5.74, 6) is -0.746. The highest BCUT2D eigenvalue weighted by Crippen LogP contribution is 2.08. The van der Waals surface area contributed by atoms with Crippen LogP contribution < -0.4 is 5.73 Å². The van der Waals surface area contributed by atoms with Crippen LogP contribution in [-0.2, 0) is 4.79 Å². The summed E-state index contributed by atoms with van der Waals surface area (Å²) in [6.45, 7) is 10.8. The van der Waals surface area contributed by atoms with Crippen molar-refractivity contribution in [1.29, 1.82) is 0 Å². The molecule has 0 radical (unpaired) electrons. The van der Waals surface area contributed by atoms with E-state index in [4.69, 9.17) is 10.8 Å². The maximum absolute atomic E-state index is 10.7. The zero-order chi connectivity index (χ0) is 17.0. The molecular weight excluding hydrogens is 282 g/mol. The summed E-state index contributed by atoms with van der Waals surface area (Å²) in [4.78, 5) is 24.7. The molecule has 0 aromatic carbocycles. The standard InChI is InChI=1S/C9H17NO2.C7H14N2O/c1-4-6-10(8(2)3)7-5-9(11)12;8-7(10)9-5-3-1-2-4-6-9/h4,8H,1,5-7H2,2-3H3,(H,11,12);1-6H2,(H2,8,10). The smallest absolute Gasteiger partial charge is 0.314 e. The van der Waals surface area contributed by atoms with Crippen LogP contribution in [-0.4, -0.2) is 59.1 Å². The molecule has 0 bridgehead atoms. The van der Waals surface area contributed by atoms with E-state index in [9.17, 15) is 9.59 Å². The molecule has 6 nitrogen and oxygen atoms in total. The number of urea groups is 1. The summed E-state index contributed by atoms with van der Waals surface area (Å²) in [5.41, 5.74) is 5.12. The Kier molecular flexibility index (Phi) is 11.2. The van der Waals surface area contributed by atoms with E-state index in [1.807, 2.05) is 13.8 Å². The van der Waals surface area contributed by atoms with Crippen molar-refractivity contribution >= 4 is 12.0 Å². The lowest BCUT2D eigenvalue weighted by Crippen LogP contribution is -2.36. The van der Waals surface area contributed by atoms with E-state index < -0.39 is 5.97 Å². The van der Waals surface area contributed by atoms with E-state index in [1.54, 1.807) is 11.0 Å². The molecule has 2 amide bonds. The minimum Gasteiger partial charge on any atom is -0.481 e. The molecule has 3 N–H and O–H groups in total. The topological polar surface area (TPSA) is 86.9 Å². The zero-order valence-electron chi connectivity index (χ0n) is 14.0. The van der Waals surface area contributed by atoms with Gasteiger partial charge in [0.15, 0.2) is 0 Å². The number of hydrogen-bond acceptors (Lipinski definition) is 3. The van der Waals surface area contributed by atoms with Crippen LogP contribution in [0, 0.1) is 0 Å². The highest BCUT2D eigenvalue weighted by Gasteiger charge is 2.11. The summed E-state index contributed by atoms with van der Waals surface area (Å²) in [5, 5.41) is 8.46. The number of carbonyl (C=O) groups excluding carboxylic acids is 1. The van der Waals surface area contributed by atoms with Gasteiger partial charge >= 0.3 is 12.0 Å². The number of likely N-dealkylation sites (tertiary alicyclic amines) is 1. The molecule has 0 spiro atoms. The summed E-state index contributed by atoms with van der Waals surface area (Å²) in [7, 11) is 0. The molecule has 6 heteroatoms. The largest absolute Gasteiger partial charge is 0.481 e. The quantitative estimate of drug-likeness (QED) is 0.737. The number of primary amides is 1. The monoisotopic (exact) mass is 313 g/mol. The van der Waals surface area contributed by atoms with Crippen molar-refractivity contribution in [2.45, 2.75) is 52.0 Å². The molecule has 1 rings (SSSR count). The van der Waals surface area contributed by atoms with E-state index in [0.29, 0.717) is 12.6 Å². The van der Waals surface area contributed by atoms with E-state index in [0.717, 1.165) is 32.5 Å². The van der Waals surface area contributed by atoms with Crippen molar-refractivity contribution in [3.8, 4) is 0 Å². The third kappa shape index (κ3) is 10.2. The molecule has 1 aliphatic rings. The van der Waals surface area contributed by atoms with Crippen LogP contribution in [0.5, 0.6) is 0 Å². The number of nitrogens with two attached hydrogens (primary N) is 1. The fraction of sp³-hybridized carbons (Fsp3) is 0.750. The van der Waals surface area contributed by atoms with E-state index >= 15 is 0 Å². The van der Waals surface area contributed by atoms with Crippen molar-refractivity contribution in [1.82, 2.24) is 9.80 Å². The molecule has 0 atom stereocenters. The highest BCUT2D eigenvalue weighted by molar-refractivity contribution is 5.71. The lowest BCUT2D eigenvalue weighted by atomic mass is 10.2. The summed E-state index contributed by atoms with van der Waals surface area (Å²) < 4.78 is 0. The second-order valence-corrected chi connectivity index (χ2v) is 5.76. The molecule has 1 aliphatic heterocycles. The van der Waals surface area contributed by atoms with Crippen LogP contribution in [0.4, 0.5) is 4.79 Å². The Hall–Kier alpha value is -1.56. The number of carboxylic acid groups (broad SMARTS) is 1. The first-order chi connectivity index (χ1) is 10.4. The maximum Gasteiger partial charge on any atom is 0.314 e. The molecule has 1 saturated heterocycles. The molecule has 0 aliphatic carbocycles. The Morgan fingerprint density at radius 3 is 2.18 bits per heavy atom. The first-order valence-corrected chi connectivity index (χ1v) is 7.99. The van der Waals surface area contributed by atoms with Crippen LogP contribution in [0.2, 0.25) is 0 Å². The summed E-state index contributed by atoms with van der Waals surface area (Å²) >= 11 is 0. The third-order valence-electron chi connectivity index (χ3n) is 3.62. The molecule has 0 saturated carbocycles. The predicted molar refractivity (Wildman–Crippen MR) is 88.8 cm³/mol. The second-order valence-electron chi connectivity index (χ2n) is 5.76. The van der Waals surface area contributed by atoms with Crippen molar-refractivity contribution in [2.75, 3.05) is 26.2 Å². The van der Waals surface area contributed by atoms with Crippen LogP contribution in [0.25, 0.3) is 0 Å². The lowest BCUT2D eigenvalue weighted by molar-refractivity contribution is -0.137. The van der Waals surface area contributed by atoms with Gasteiger partial charge in [0.25, 0.3) is 0 Å². The number of nitrogens with zero attached hydrogens (tertiary/aromatic N) is 2. The zero-order valence-corrected chi connectivity index (χ0v) is 14.0. The van der Waals surface area contributed by atoms with Gasteiger partial charge in [0, 0.05) is 32.2 Å². The Balaban J connectivity index is 0.000000406. The minimum absolute atomic E-state index is 0.200. The average Bonchev–Trinajstić information content (AvgIpc) is 2.72. The number of rotatable bonds is 6. The fourth-order valence-electron chi connectivity index (χ4n) is 2.26. The maximum atomic E-state index is 10.7. The van der Waals surface area contributed by atoms with Gasteiger partial charge in [-0.1, -0.05) is 18.9 Å². The van der Waals surface area contributed by atoms with Crippen molar-refractivity contribution in [3.63, 3.8) is 0 Å². The van der Waals surface area contributed by atoms with Gasteiger partial charge in [-0.2, -0.15) is 0 Å². The van der Waals surface area contributed by atoms with Crippen LogP contribution in [0.1, 0.15) is 46.0 Å². The van der Waals surface area contributed by atoms with Gasteiger partial charge in [0.2, 0.25) is 0 Å². The van der Waals surface area contributed by atoms with Crippen molar-refractivity contribution in [3.05, 3.63) is 12.7 Å². The predicted octanol–water partition coefficient (Wildman–Crippen LogP) is 2.30. The average molecular weight is 313 g/mol. The van der Waals surface area contributed by atoms with Gasteiger partial charge in [0.05, 0.1) is 6.42 Å². The Bertz CT molecular complexity index is 338. The molecule has 22 heavy (non-hydrogen) atoms. The minimum atomic E-state index is -0.746. The molecule has 0 aromatic rings. The van der Waals surface area contributed by atoms with Gasteiger partial charge in [-0.15, -0.1) is 6.58 Å². The van der Waals surface area contributed by atoms with Crippen LogP contribution in [0.3, 0.4) is 0 Å². The van der Waals surface area contributed by atoms with E-state index in [-0.39, 0.29) is 12.5 Å². The first-order valence-electron chi connectivity index (χ1n) is 7.99. The van der Waals surface area contributed by atoms with Crippen LogP contribution in [0.15, 0.2) is 12.7 Å². The SMILES string of the molecule is C=CCN(CCC(=O)O)C(C)C.NC(=O)N1CCCCCC1. The molecule has 0 aromatic heterocycles. The third-order valence-corrected chi connectivity index (χ3v) is 3.62. The fourth-order valence-corrected chi connectivity index (χ4v) is 2.26. The normalized spacial score (nSPS) is 15.0. The number of amides is 2. The van der Waals surface area contributed by atoms with Crippen molar-refractivity contribution in [2.24, 2.45) is 5.73 Å². The highest BCUT2D eigenvalue weighted by atomic mass is 16.4. The molecular formula is C16H31N3O3. The Morgan fingerprint density at radius 2 is 1.82 bits per heavy atom. The van der Waals surface area contributed by atoms with Gasteiger partial charge in [0.1, 0.15) is 0 Å². The molecule has 1 heterocycles. The van der Waals surface area contributed by atoms with Crippen LogP contribution >= 0.6 is 0 Å². The number of aliphatic carboxylic acids is 1. The van der Waals surface area contributed by atoms with Gasteiger partial charge in [-0.3, -0.25) is 9.69 Å². The first kappa shape index (κ1) is 20.4. The van der Waals surface area contributed by atoms with Gasteiger partial charge in [-0.25, -0.2) is 4.79 Å². The second kappa shape index (κ2) is 12.0. The van der Waals surface area contributed by atoms with Gasteiger partial charge < -0.3 is 15.7 Å². The Morgan fingerprint density at radius 1 is 1.27 bits per heavy atom. The molecule has 0 unspecified atom stereocenters. The number of carboxylic acids is 1.